The Morgan fingerprint density at radius 3 is 3.00 bits per heavy atom. The van der Waals surface area contributed by atoms with Gasteiger partial charge in [0.1, 0.15) is 18.2 Å². The molecule has 0 heterocycles. The van der Waals surface area contributed by atoms with E-state index in [0.717, 1.165) is 0 Å². The predicted octanol–water partition coefficient (Wildman–Crippen LogP) is 1.16. The van der Waals surface area contributed by atoms with Crippen molar-refractivity contribution in [3.8, 4) is 12.3 Å². The number of terminal acetylenes is 1. The summed E-state index contributed by atoms with van der Waals surface area (Å²) in [5, 5.41) is 0. The fourth-order valence-electron chi connectivity index (χ4n) is 0.870. The predicted molar refractivity (Wildman–Crippen MR) is 50.8 cm³/mol. The Balaban J connectivity index is 2.90. The van der Waals surface area contributed by atoms with Gasteiger partial charge in [0.05, 0.1) is 0 Å². The number of rotatable bonds is 2. The molecule has 0 atom stereocenters. The maximum absolute atomic E-state index is 12.7. The van der Waals surface area contributed by atoms with Crippen LogP contribution in [0.3, 0.4) is 0 Å². The second-order valence-corrected chi connectivity index (χ2v) is 2.42. The zero-order chi connectivity index (χ0) is 9.68. The molecule has 0 saturated carbocycles. The molecular formula is C10H9FN2. The number of aliphatic imine (C=N–C) groups is 1. The first-order chi connectivity index (χ1) is 6.24. The molecule has 13 heavy (non-hydrogen) atoms. The molecular weight excluding hydrogens is 167 g/mol. The number of nitrogens with zero attached hydrogens (tertiary/aromatic N) is 1. The van der Waals surface area contributed by atoms with Crippen molar-refractivity contribution in [3.63, 3.8) is 0 Å². The summed E-state index contributed by atoms with van der Waals surface area (Å²) in [4.78, 5) is 3.85. The highest BCUT2D eigenvalue weighted by molar-refractivity contribution is 5.97. The molecule has 0 spiro atoms. The first-order valence-corrected chi connectivity index (χ1v) is 3.73. The normalized spacial score (nSPS) is 10.9. The summed E-state index contributed by atoms with van der Waals surface area (Å²) in [5.74, 6) is 2.25. The molecule has 1 rings (SSSR count). The van der Waals surface area contributed by atoms with Gasteiger partial charge in [-0.3, -0.25) is 4.99 Å². The van der Waals surface area contributed by atoms with Crippen LogP contribution in [0.4, 0.5) is 4.39 Å². The monoisotopic (exact) mass is 176 g/mol. The average molecular weight is 176 g/mol. The molecule has 0 fully saturated rings. The van der Waals surface area contributed by atoms with Crippen molar-refractivity contribution in [3.05, 3.63) is 35.6 Å². The molecule has 0 aromatic heterocycles. The molecule has 1 aromatic carbocycles. The van der Waals surface area contributed by atoms with Crippen LogP contribution >= 0.6 is 0 Å². The SMILES string of the molecule is C#CCN=C(N)c1cccc(F)c1. The van der Waals surface area contributed by atoms with E-state index >= 15 is 0 Å². The smallest absolute Gasteiger partial charge is 0.126 e. The van der Waals surface area contributed by atoms with Gasteiger partial charge in [0.25, 0.3) is 0 Å². The Hall–Kier alpha value is -1.82. The van der Waals surface area contributed by atoms with Crippen molar-refractivity contribution in [1.29, 1.82) is 0 Å². The van der Waals surface area contributed by atoms with Crippen molar-refractivity contribution < 1.29 is 4.39 Å². The van der Waals surface area contributed by atoms with E-state index in [-0.39, 0.29) is 18.2 Å². The molecule has 66 valence electrons. The number of benzene rings is 1. The van der Waals surface area contributed by atoms with Crippen LogP contribution in [0.5, 0.6) is 0 Å². The molecule has 0 amide bonds. The molecule has 2 N–H and O–H groups in total. The van der Waals surface area contributed by atoms with Gasteiger partial charge in [-0.1, -0.05) is 18.1 Å². The molecule has 0 unspecified atom stereocenters. The van der Waals surface area contributed by atoms with E-state index in [0.29, 0.717) is 5.56 Å². The highest BCUT2D eigenvalue weighted by atomic mass is 19.1. The standard InChI is InChI=1S/C10H9FN2/c1-2-6-13-10(12)8-4-3-5-9(11)7-8/h1,3-5,7H,6H2,(H2,12,13). The van der Waals surface area contributed by atoms with Crippen molar-refractivity contribution >= 4 is 5.84 Å². The van der Waals surface area contributed by atoms with E-state index < -0.39 is 0 Å². The van der Waals surface area contributed by atoms with Crippen molar-refractivity contribution in [1.82, 2.24) is 0 Å². The van der Waals surface area contributed by atoms with Crippen molar-refractivity contribution in [2.75, 3.05) is 6.54 Å². The number of amidine groups is 1. The van der Waals surface area contributed by atoms with Crippen LogP contribution in [0.2, 0.25) is 0 Å². The summed E-state index contributed by atoms with van der Waals surface area (Å²) in [5.41, 5.74) is 6.09. The molecule has 3 heteroatoms. The summed E-state index contributed by atoms with van der Waals surface area (Å²) in [7, 11) is 0. The lowest BCUT2D eigenvalue weighted by molar-refractivity contribution is 0.627. The van der Waals surface area contributed by atoms with Gasteiger partial charge in [0, 0.05) is 5.56 Å². The first kappa shape index (κ1) is 9.27. The number of nitrogens with two attached hydrogens (primary N) is 1. The molecule has 0 aliphatic carbocycles. The van der Waals surface area contributed by atoms with Crippen LogP contribution in [0.15, 0.2) is 29.3 Å². The van der Waals surface area contributed by atoms with Crippen molar-refractivity contribution in [2.45, 2.75) is 0 Å². The fourth-order valence-corrected chi connectivity index (χ4v) is 0.870. The van der Waals surface area contributed by atoms with Gasteiger partial charge in [0.2, 0.25) is 0 Å². The Morgan fingerprint density at radius 1 is 1.62 bits per heavy atom. The molecule has 0 aliphatic heterocycles. The summed E-state index contributed by atoms with van der Waals surface area (Å²) in [6, 6.07) is 5.91. The molecule has 0 radical (unpaired) electrons. The minimum absolute atomic E-state index is 0.211. The quantitative estimate of drug-likeness (QED) is 0.410. The van der Waals surface area contributed by atoms with Gasteiger partial charge in [-0.2, -0.15) is 0 Å². The van der Waals surface area contributed by atoms with Gasteiger partial charge >= 0.3 is 0 Å². The van der Waals surface area contributed by atoms with Gasteiger partial charge in [-0.05, 0) is 12.1 Å². The van der Waals surface area contributed by atoms with Gasteiger partial charge in [-0.15, -0.1) is 6.42 Å². The zero-order valence-corrected chi connectivity index (χ0v) is 7.00. The van der Waals surface area contributed by atoms with Crippen LogP contribution in [-0.2, 0) is 0 Å². The van der Waals surface area contributed by atoms with Gasteiger partial charge < -0.3 is 5.73 Å². The van der Waals surface area contributed by atoms with Gasteiger partial charge in [0.15, 0.2) is 0 Å². The second kappa shape index (κ2) is 4.27. The van der Waals surface area contributed by atoms with E-state index in [1.807, 2.05) is 0 Å². The van der Waals surface area contributed by atoms with E-state index in [2.05, 4.69) is 10.9 Å². The molecule has 0 saturated heterocycles. The Bertz CT molecular complexity index is 363. The molecule has 2 nitrogen and oxygen atoms in total. The van der Waals surface area contributed by atoms with Crippen LogP contribution in [0.1, 0.15) is 5.56 Å². The Morgan fingerprint density at radius 2 is 2.38 bits per heavy atom. The zero-order valence-electron chi connectivity index (χ0n) is 7.00. The number of halogens is 1. The van der Waals surface area contributed by atoms with Crippen LogP contribution in [0.25, 0.3) is 0 Å². The van der Waals surface area contributed by atoms with E-state index in [9.17, 15) is 4.39 Å². The number of hydrogen-bond donors (Lipinski definition) is 1. The Kier molecular flexibility index (Phi) is 3.04. The number of hydrogen-bond acceptors (Lipinski definition) is 1. The minimum atomic E-state index is -0.337. The highest BCUT2D eigenvalue weighted by Crippen LogP contribution is 2.02. The minimum Gasteiger partial charge on any atom is -0.383 e. The van der Waals surface area contributed by atoms with E-state index in [4.69, 9.17) is 12.2 Å². The lowest BCUT2D eigenvalue weighted by atomic mass is 10.2. The first-order valence-electron chi connectivity index (χ1n) is 3.73. The van der Waals surface area contributed by atoms with Crippen molar-refractivity contribution in [2.24, 2.45) is 10.7 Å². The summed E-state index contributed by atoms with van der Waals surface area (Å²) >= 11 is 0. The van der Waals surface area contributed by atoms with Gasteiger partial charge in [-0.25, -0.2) is 4.39 Å². The van der Waals surface area contributed by atoms with E-state index in [1.54, 1.807) is 12.1 Å². The topological polar surface area (TPSA) is 38.4 Å². The lowest BCUT2D eigenvalue weighted by Gasteiger charge is -1.98. The lowest BCUT2D eigenvalue weighted by Crippen LogP contribution is -2.13. The molecule has 0 aliphatic rings. The third-order valence-corrected chi connectivity index (χ3v) is 1.46. The average Bonchev–Trinajstić information content (AvgIpc) is 2.14. The summed E-state index contributed by atoms with van der Waals surface area (Å²) in [6.45, 7) is 0.211. The maximum Gasteiger partial charge on any atom is 0.126 e. The highest BCUT2D eigenvalue weighted by Gasteiger charge is 1.98. The largest absolute Gasteiger partial charge is 0.383 e. The molecule has 1 aromatic rings. The third-order valence-electron chi connectivity index (χ3n) is 1.46. The maximum atomic E-state index is 12.7. The van der Waals surface area contributed by atoms with Crippen LogP contribution in [0, 0.1) is 18.2 Å². The second-order valence-electron chi connectivity index (χ2n) is 2.42. The van der Waals surface area contributed by atoms with Crippen LogP contribution in [-0.4, -0.2) is 12.4 Å². The summed E-state index contributed by atoms with van der Waals surface area (Å²) < 4.78 is 12.7. The Labute approximate surface area is 76.3 Å². The summed E-state index contributed by atoms with van der Waals surface area (Å²) in [6.07, 6.45) is 5.00. The third kappa shape index (κ3) is 2.60. The fraction of sp³-hybridized carbons (Fsp3) is 0.100. The van der Waals surface area contributed by atoms with Crippen LogP contribution < -0.4 is 5.73 Å². The molecule has 0 bridgehead atoms. The van der Waals surface area contributed by atoms with E-state index in [1.165, 1.54) is 12.1 Å².